The Morgan fingerprint density at radius 2 is 2.25 bits per heavy atom. The largest absolute Gasteiger partial charge is 0.496 e. The van der Waals surface area contributed by atoms with E-state index in [-0.39, 0.29) is 17.9 Å². The second kappa shape index (κ2) is 6.72. The number of ether oxygens (including phenoxy) is 2. The Morgan fingerprint density at radius 3 is 2.90 bits per heavy atom. The van der Waals surface area contributed by atoms with E-state index < -0.39 is 0 Å². The summed E-state index contributed by atoms with van der Waals surface area (Å²) < 4.78 is 10.6. The minimum atomic E-state index is -0.141. The van der Waals surface area contributed by atoms with Crippen molar-refractivity contribution in [1.29, 1.82) is 0 Å². The Kier molecular flexibility index (Phi) is 4.98. The van der Waals surface area contributed by atoms with Gasteiger partial charge in [-0.05, 0) is 37.2 Å². The third-order valence-electron chi connectivity index (χ3n) is 3.55. The minimum absolute atomic E-state index is 0.00184. The van der Waals surface area contributed by atoms with Crippen molar-refractivity contribution in [3.63, 3.8) is 0 Å². The van der Waals surface area contributed by atoms with E-state index in [1.54, 1.807) is 7.11 Å². The van der Waals surface area contributed by atoms with Crippen LogP contribution in [0.25, 0.3) is 0 Å². The van der Waals surface area contributed by atoms with E-state index in [0.717, 1.165) is 23.5 Å². The van der Waals surface area contributed by atoms with E-state index in [4.69, 9.17) is 9.47 Å². The number of carbonyl (C=O) groups is 1. The molecule has 20 heavy (non-hydrogen) atoms. The summed E-state index contributed by atoms with van der Waals surface area (Å²) in [6.45, 7) is 5.88. The average molecular weight is 278 g/mol. The number of rotatable bonds is 5. The van der Waals surface area contributed by atoms with Gasteiger partial charge < -0.3 is 20.1 Å². The molecule has 5 nitrogen and oxygen atoms in total. The predicted molar refractivity (Wildman–Crippen MR) is 78.1 cm³/mol. The van der Waals surface area contributed by atoms with E-state index in [1.807, 2.05) is 32.0 Å². The number of hydrogen-bond donors (Lipinski definition) is 2. The van der Waals surface area contributed by atoms with Gasteiger partial charge in [0.25, 0.3) is 0 Å². The van der Waals surface area contributed by atoms with Crippen molar-refractivity contribution >= 4 is 11.6 Å². The first kappa shape index (κ1) is 14.8. The number of nitrogens with one attached hydrogen (secondary N) is 2. The number of anilines is 1. The maximum absolute atomic E-state index is 12.3. The van der Waals surface area contributed by atoms with Gasteiger partial charge in [0.2, 0.25) is 5.91 Å². The Bertz CT molecular complexity index is 476. The van der Waals surface area contributed by atoms with E-state index in [2.05, 4.69) is 10.6 Å². The molecular weight excluding hydrogens is 256 g/mol. The summed E-state index contributed by atoms with van der Waals surface area (Å²) in [7, 11) is 1.64. The maximum Gasteiger partial charge on any atom is 0.231 e. The Balaban J connectivity index is 2.02. The molecule has 1 amide bonds. The van der Waals surface area contributed by atoms with E-state index >= 15 is 0 Å². The number of methoxy groups -OCH3 is 1. The Labute approximate surface area is 119 Å². The molecule has 1 aromatic carbocycles. The smallest absolute Gasteiger partial charge is 0.231 e. The van der Waals surface area contributed by atoms with Crippen molar-refractivity contribution in [2.24, 2.45) is 5.92 Å². The number of aryl methyl sites for hydroxylation is 1. The van der Waals surface area contributed by atoms with E-state index in [9.17, 15) is 4.79 Å². The SMILES string of the molecule is CCNC1COCC1C(=O)Nc1ccc(OC)c(C)c1. The highest BCUT2D eigenvalue weighted by Crippen LogP contribution is 2.23. The van der Waals surface area contributed by atoms with Crippen LogP contribution in [0.4, 0.5) is 5.69 Å². The van der Waals surface area contributed by atoms with E-state index in [0.29, 0.717) is 13.2 Å². The highest BCUT2D eigenvalue weighted by Gasteiger charge is 2.33. The van der Waals surface area contributed by atoms with Crippen LogP contribution in [0.3, 0.4) is 0 Å². The molecule has 1 fully saturated rings. The predicted octanol–water partition coefficient (Wildman–Crippen LogP) is 1.57. The summed E-state index contributed by atoms with van der Waals surface area (Å²) in [5, 5.41) is 6.23. The van der Waals surface area contributed by atoms with Crippen LogP contribution >= 0.6 is 0 Å². The van der Waals surface area contributed by atoms with Crippen molar-refractivity contribution in [3.8, 4) is 5.75 Å². The Hall–Kier alpha value is -1.59. The normalized spacial score (nSPS) is 21.8. The highest BCUT2D eigenvalue weighted by molar-refractivity contribution is 5.93. The third kappa shape index (κ3) is 3.29. The zero-order valence-electron chi connectivity index (χ0n) is 12.2. The van der Waals surface area contributed by atoms with E-state index in [1.165, 1.54) is 0 Å². The summed E-state index contributed by atoms with van der Waals surface area (Å²) in [6.07, 6.45) is 0. The molecule has 1 aromatic rings. The monoisotopic (exact) mass is 278 g/mol. The van der Waals surface area contributed by atoms with Gasteiger partial charge in [-0.25, -0.2) is 0 Å². The molecule has 2 unspecified atom stereocenters. The molecule has 1 aliphatic rings. The van der Waals surface area contributed by atoms with Crippen molar-refractivity contribution in [3.05, 3.63) is 23.8 Å². The van der Waals surface area contributed by atoms with Gasteiger partial charge in [-0.1, -0.05) is 6.92 Å². The fourth-order valence-electron chi connectivity index (χ4n) is 2.47. The fourth-order valence-corrected chi connectivity index (χ4v) is 2.47. The number of amides is 1. The van der Waals surface area contributed by atoms with Gasteiger partial charge in [0.05, 0.1) is 26.2 Å². The van der Waals surface area contributed by atoms with Gasteiger partial charge in [0, 0.05) is 11.7 Å². The summed E-state index contributed by atoms with van der Waals surface area (Å²) in [6, 6.07) is 5.72. The molecule has 1 aliphatic heterocycles. The molecule has 5 heteroatoms. The zero-order valence-corrected chi connectivity index (χ0v) is 12.2. The second-order valence-electron chi connectivity index (χ2n) is 4.98. The summed E-state index contributed by atoms with van der Waals surface area (Å²) in [5.41, 5.74) is 1.78. The molecular formula is C15H22N2O3. The van der Waals surface area contributed by atoms with Crippen LogP contribution in [0, 0.1) is 12.8 Å². The minimum Gasteiger partial charge on any atom is -0.496 e. The molecule has 1 heterocycles. The van der Waals surface area contributed by atoms with Crippen LogP contribution in [0.15, 0.2) is 18.2 Å². The topological polar surface area (TPSA) is 59.6 Å². The quantitative estimate of drug-likeness (QED) is 0.858. The van der Waals surface area contributed by atoms with Crippen LogP contribution in [0.2, 0.25) is 0 Å². The fraction of sp³-hybridized carbons (Fsp3) is 0.533. The zero-order chi connectivity index (χ0) is 14.5. The summed E-state index contributed by atoms with van der Waals surface area (Å²) in [4.78, 5) is 12.3. The van der Waals surface area contributed by atoms with Crippen LogP contribution in [0.5, 0.6) is 5.75 Å². The first-order chi connectivity index (χ1) is 9.65. The third-order valence-corrected chi connectivity index (χ3v) is 3.55. The second-order valence-corrected chi connectivity index (χ2v) is 4.98. The van der Waals surface area contributed by atoms with Gasteiger partial charge in [-0.3, -0.25) is 4.79 Å². The molecule has 2 atom stereocenters. The molecule has 0 saturated carbocycles. The Morgan fingerprint density at radius 1 is 1.45 bits per heavy atom. The average Bonchev–Trinajstić information content (AvgIpc) is 2.88. The first-order valence-electron chi connectivity index (χ1n) is 6.92. The number of benzene rings is 1. The summed E-state index contributed by atoms with van der Waals surface area (Å²) >= 11 is 0. The van der Waals surface area contributed by atoms with Crippen LogP contribution in [-0.2, 0) is 9.53 Å². The molecule has 0 spiro atoms. The maximum atomic E-state index is 12.3. The van der Waals surface area contributed by atoms with Gasteiger partial charge >= 0.3 is 0 Å². The van der Waals surface area contributed by atoms with Gasteiger partial charge in [0.1, 0.15) is 5.75 Å². The van der Waals surface area contributed by atoms with Gasteiger partial charge in [0.15, 0.2) is 0 Å². The summed E-state index contributed by atoms with van der Waals surface area (Å²) in [5.74, 6) is 0.674. The first-order valence-corrected chi connectivity index (χ1v) is 6.92. The van der Waals surface area contributed by atoms with Crippen LogP contribution in [-0.4, -0.2) is 38.8 Å². The number of likely N-dealkylation sites (N-methyl/N-ethyl adjacent to an activating group) is 1. The van der Waals surface area contributed by atoms with Crippen molar-refractivity contribution < 1.29 is 14.3 Å². The van der Waals surface area contributed by atoms with Crippen LogP contribution in [0.1, 0.15) is 12.5 Å². The number of carbonyl (C=O) groups excluding carboxylic acids is 1. The van der Waals surface area contributed by atoms with Crippen molar-refractivity contribution in [1.82, 2.24) is 5.32 Å². The molecule has 0 aliphatic carbocycles. The lowest BCUT2D eigenvalue weighted by molar-refractivity contribution is -0.120. The lowest BCUT2D eigenvalue weighted by Crippen LogP contribution is -2.41. The number of hydrogen-bond acceptors (Lipinski definition) is 4. The molecule has 110 valence electrons. The molecule has 2 rings (SSSR count). The molecule has 0 radical (unpaired) electrons. The highest BCUT2D eigenvalue weighted by atomic mass is 16.5. The van der Waals surface area contributed by atoms with Gasteiger partial charge in [-0.2, -0.15) is 0 Å². The lowest BCUT2D eigenvalue weighted by Gasteiger charge is -2.18. The van der Waals surface area contributed by atoms with Gasteiger partial charge in [-0.15, -0.1) is 0 Å². The van der Waals surface area contributed by atoms with Crippen molar-refractivity contribution in [2.45, 2.75) is 19.9 Å². The molecule has 2 N–H and O–H groups in total. The van der Waals surface area contributed by atoms with Crippen LogP contribution < -0.4 is 15.4 Å². The standard InChI is InChI=1S/C15H22N2O3/c1-4-16-13-9-20-8-12(13)15(18)17-11-5-6-14(19-3)10(2)7-11/h5-7,12-13,16H,4,8-9H2,1-3H3,(H,17,18). The lowest BCUT2D eigenvalue weighted by atomic mass is 10.0. The molecule has 0 bridgehead atoms. The van der Waals surface area contributed by atoms with Crippen molar-refractivity contribution in [2.75, 3.05) is 32.2 Å². The molecule has 0 aromatic heterocycles. The molecule has 1 saturated heterocycles.